The molecule has 4 heterocycles. The number of rotatable bonds is 4. The Morgan fingerprint density at radius 3 is 3.00 bits per heavy atom. The summed E-state index contributed by atoms with van der Waals surface area (Å²) < 4.78 is 16.5. The lowest BCUT2D eigenvalue weighted by atomic mass is 10.0. The number of anilines is 1. The molecule has 2 fully saturated rings. The Hall–Kier alpha value is -2.22. The molecule has 3 atom stereocenters. The summed E-state index contributed by atoms with van der Waals surface area (Å²) in [4.78, 5) is 14.9. The van der Waals surface area contributed by atoms with Crippen LogP contribution in [0.5, 0.6) is 5.88 Å². The van der Waals surface area contributed by atoms with Gasteiger partial charge in [-0.3, -0.25) is 0 Å². The SMILES string of the molecule is COc1cc(N2C[C@H]3C[C@@H](Cc4nc(C)no4)O[C@H]3C2)ncn1. The van der Waals surface area contributed by atoms with Crippen molar-refractivity contribution < 1.29 is 14.0 Å². The van der Waals surface area contributed by atoms with Crippen LogP contribution >= 0.6 is 0 Å². The molecule has 0 radical (unpaired) electrons. The lowest BCUT2D eigenvalue weighted by molar-refractivity contribution is 0.0456. The van der Waals surface area contributed by atoms with Crippen LogP contribution in [0.1, 0.15) is 18.1 Å². The predicted molar refractivity (Wildman–Crippen MR) is 80.3 cm³/mol. The Labute approximate surface area is 133 Å². The van der Waals surface area contributed by atoms with Crippen molar-refractivity contribution in [2.45, 2.75) is 32.0 Å². The lowest BCUT2D eigenvalue weighted by Gasteiger charge is -2.19. The van der Waals surface area contributed by atoms with E-state index in [0.717, 1.165) is 25.3 Å². The third-order valence-electron chi connectivity index (χ3n) is 4.45. The van der Waals surface area contributed by atoms with Crippen LogP contribution in [0, 0.1) is 12.8 Å². The monoisotopic (exact) mass is 317 g/mol. The van der Waals surface area contributed by atoms with Gasteiger partial charge in [-0.2, -0.15) is 4.98 Å². The van der Waals surface area contributed by atoms with Crippen molar-refractivity contribution in [3.8, 4) is 5.88 Å². The smallest absolute Gasteiger partial charge is 0.229 e. The molecule has 0 saturated carbocycles. The van der Waals surface area contributed by atoms with Gasteiger partial charge < -0.3 is 18.9 Å². The molecule has 0 bridgehead atoms. The molecule has 0 amide bonds. The molecule has 2 aromatic heterocycles. The first-order valence-electron chi connectivity index (χ1n) is 7.77. The molecule has 122 valence electrons. The maximum atomic E-state index is 6.16. The van der Waals surface area contributed by atoms with Gasteiger partial charge in [-0.05, 0) is 13.3 Å². The maximum Gasteiger partial charge on any atom is 0.229 e. The number of nitrogens with zero attached hydrogens (tertiary/aromatic N) is 5. The summed E-state index contributed by atoms with van der Waals surface area (Å²) in [6.45, 7) is 3.60. The van der Waals surface area contributed by atoms with Gasteiger partial charge in [0.1, 0.15) is 12.1 Å². The second-order valence-electron chi connectivity index (χ2n) is 6.06. The lowest BCUT2D eigenvalue weighted by Crippen LogP contribution is -2.26. The average Bonchev–Trinajstić information content (AvgIpc) is 3.22. The van der Waals surface area contributed by atoms with E-state index in [1.165, 1.54) is 6.33 Å². The molecule has 0 aliphatic carbocycles. The van der Waals surface area contributed by atoms with E-state index in [4.69, 9.17) is 14.0 Å². The third-order valence-corrected chi connectivity index (χ3v) is 4.45. The first-order chi connectivity index (χ1) is 11.2. The number of hydrogen-bond donors (Lipinski definition) is 0. The summed E-state index contributed by atoms with van der Waals surface area (Å²) in [7, 11) is 1.61. The molecule has 0 unspecified atom stereocenters. The van der Waals surface area contributed by atoms with Crippen molar-refractivity contribution in [1.29, 1.82) is 0 Å². The molecule has 23 heavy (non-hydrogen) atoms. The highest BCUT2D eigenvalue weighted by molar-refractivity contribution is 5.42. The molecule has 2 aromatic rings. The molecule has 4 rings (SSSR count). The van der Waals surface area contributed by atoms with Crippen LogP contribution in [-0.2, 0) is 11.2 Å². The van der Waals surface area contributed by atoms with Crippen molar-refractivity contribution >= 4 is 5.82 Å². The number of ether oxygens (including phenoxy) is 2. The summed E-state index contributed by atoms with van der Waals surface area (Å²) in [5, 5.41) is 3.82. The van der Waals surface area contributed by atoms with Gasteiger partial charge in [0.25, 0.3) is 0 Å². The van der Waals surface area contributed by atoms with E-state index in [1.54, 1.807) is 7.11 Å². The number of methoxy groups -OCH3 is 1. The van der Waals surface area contributed by atoms with Gasteiger partial charge in [0.2, 0.25) is 11.8 Å². The average molecular weight is 317 g/mol. The fourth-order valence-electron chi connectivity index (χ4n) is 3.41. The Morgan fingerprint density at radius 1 is 1.35 bits per heavy atom. The molecule has 2 aliphatic heterocycles. The fourth-order valence-corrected chi connectivity index (χ4v) is 3.41. The minimum Gasteiger partial charge on any atom is -0.481 e. The van der Waals surface area contributed by atoms with E-state index in [9.17, 15) is 0 Å². The number of aromatic nitrogens is 4. The topological polar surface area (TPSA) is 86.4 Å². The van der Waals surface area contributed by atoms with E-state index < -0.39 is 0 Å². The zero-order valence-corrected chi connectivity index (χ0v) is 13.2. The highest BCUT2D eigenvalue weighted by Gasteiger charge is 2.42. The minimum absolute atomic E-state index is 0.159. The largest absolute Gasteiger partial charge is 0.481 e. The first-order valence-corrected chi connectivity index (χ1v) is 7.77. The van der Waals surface area contributed by atoms with Crippen molar-refractivity contribution in [3.63, 3.8) is 0 Å². The molecule has 8 nitrogen and oxygen atoms in total. The van der Waals surface area contributed by atoms with E-state index in [-0.39, 0.29) is 12.2 Å². The minimum atomic E-state index is 0.159. The Morgan fingerprint density at radius 2 is 2.26 bits per heavy atom. The molecule has 8 heteroatoms. The van der Waals surface area contributed by atoms with Gasteiger partial charge >= 0.3 is 0 Å². The zero-order chi connectivity index (χ0) is 15.8. The normalized spacial score (nSPS) is 26.5. The van der Waals surface area contributed by atoms with Gasteiger partial charge in [-0.15, -0.1) is 0 Å². The second kappa shape index (κ2) is 5.77. The van der Waals surface area contributed by atoms with Crippen LogP contribution in [0.2, 0.25) is 0 Å². The van der Waals surface area contributed by atoms with E-state index >= 15 is 0 Å². The molecule has 2 saturated heterocycles. The zero-order valence-electron chi connectivity index (χ0n) is 13.2. The molecular formula is C15H19N5O3. The van der Waals surface area contributed by atoms with E-state index in [0.29, 0.717) is 29.9 Å². The van der Waals surface area contributed by atoms with Crippen LogP contribution in [-0.4, -0.2) is 52.5 Å². The summed E-state index contributed by atoms with van der Waals surface area (Å²) >= 11 is 0. The van der Waals surface area contributed by atoms with Crippen LogP contribution in [0.3, 0.4) is 0 Å². The second-order valence-corrected chi connectivity index (χ2v) is 6.06. The molecule has 0 spiro atoms. The van der Waals surface area contributed by atoms with Gasteiger partial charge in [0.05, 0.1) is 25.7 Å². The Bertz CT molecular complexity index is 677. The summed E-state index contributed by atoms with van der Waals surface area (Å²) in [6.07, 6.45) is 3.61. The summed E-state index contributed by atoms with van der Waals surface area (Å²) in [5.74, 6) is 3.30. The third kappa shape index (κ3) is 2.86. The standard InChI is InChI=1S/C15H19N5O3/c1-9-18-15(23-19-9)4-11-3-10-6-20(7-12(10)22-11)13-5-14(21-2)17-8-16-13/h5,8,10-12H,3-4,6-7H2,1-2H3/t10-,11+,12+/m1/s1. The molecular weight excluding hydrogens is 298 g/mol. The van der Waals surface area contributed by atoms with Crippen molar-refractivity contribution in [2.24, 2.45) is 5.92 Å². The van der Waals surface area contributed by atoms with Gasteiger partial charge in [-0.1, -0.05) is 5.16 Å². The van der Waals surface area contributed by atoms with Crippen LogP contribution in [0.25, 0.3) is 0 Å². The van der Waals surface area contributed by atoms with Gasteiger partial charge in [0, 0.05) is 25.1 Å². The van der Waals surface area contributed by atoms with Gasteiger partial charge in [0.15, 0.2) is 5.82 Å². The molecule has 0 aromatic carbocycles. The Kier molecular flexibility index (Phi) is 3.60. The molecule has 2 aliphatic rings. The summed E-state index contributed by atoms with van der Waals surface area (Å²) in [5.41, 5.74) is 0. The van der Waals surface area contributed by atoms with Gasteiger partial charge in [-0.25, -0.2) is 9.97 Å². The van der Waals surface area contributed by atoms with Crippen molar-refractivity contribution in [3.05, 3.63) is 24.1 Å². The Balaban J connectivity index is 1.38. The summed E-state index contributed by atoms with van der Waals surface area (Å²) in [6, 6.07) is 1.86. The van der Waals surface area contributed by atoms with E-state index in [2.05, 4.69) is 25.0 Å². The first kappa shape index (κ1) is 14.4. The number of aryl methyl sites for hydroxylation is 1. The maximum absolute atomic E-state index is 6.16. The van der Waals surface area contributed by atoms with Crippen LogP contribution in [0.15, 0.2) is 16.9 Å². The van der Waals surface area contributed by atoms with Crippen molar-refractivity contribution in [1.82, 2.24) is 20.1 Å². The van der Waals surface area contributed by atoms with Crippen LogP contribution in [0.4, 0.5) is 5.82 Å². The fraction of sp³-hybridized carbons (Fsp3) is 0.600. The van der Waals surface area contributed by atoms with Crippen molar-refractivity contribution in [2.75, 3.05) is 25.1 Å². The highest BCUT2D eigenvalue weighted by Crippen LogP contribution is 2.36. The highest BCUT2D eigenvalue weighted by atomic mass is 16.5. The quantitative estimate of drug-likeness (QED) is 0.826. The number of hydrogen-bond acceptors (Lipinski definition) is 8. The number of fused-ring (bicyclic) bond motifs is 1. The van der Waals surface area contributed by atoms with Crippen LogP contribution < -0.4 is 9.64 Å². The predicted octanol–water partition coefficient (Wildman–Crippen LogP) is 1.01. The van der Waals surface area contributed by atoms with E-state index in [1.807, 2.05) is 13.0 Å². The molecule has 0 N–H and O–H groups in total.